The molecule has 0 saturated carbocycles. The lowest BCUT2D eigenvalue weighted by Crippen LogP contribution is -2.23. The number of hydrogen-bond donors (Lipinski definition) is 0. The van der Waals surface area contributed by atoms with Crippen LogP contribution >= 0.6 is 0 Å². The van der Waals surface area contributed by atoms with Gasteiger partial charge in [-0.25, -0.2) is 0 Å². The molecule has 1 aliphatic heterocycles. The van der Waals surface area contributed by atoms with Crippen LogP contribution < -0.4 is 10.2 Å². The molecule has 0 saturated heterocycles. The van der Waals surface area contributed by atoms with Gasteiger partial charge in [-0.1, -0.05) is 37.7 Å². The average Bonchev–Trinajstić information content (AvgIpc) is 2.90. The minimum Gasteiger partial charge on any atom is -0.456 e. The van der Waals surface area contributed by atoms with Gasteiger partial charge in [-0.3, -0.25) is 0 Å². The number of rotatable bonds is 5. The summed E-state index contributed by atoms with van der Waals surface area (Å²) in [6, 6.07) is 8.01. The van der Waals surface area contributed by atoms with Gasteiger partial charge in [0.1, 0.15) is 17.6 Å². The molecule has 0 aromatic heterocycles. The van der Waals surface area contributed by atoms with Gasteiger partial charge in [-0.2, -0.15) is 5.26 Å². The quantitative estimate of drug-likeness (QED) is 0.361. The summed E-state index contributed by atoms with van der Waals surface area (Å²) < 4.78 is 11.5. The summed E-state index contributed by atoms with van der Waals surface area (Å²) in [7, 11) is 0. The maximum Gasteiger partial charge on any atom is 0.324 e. The Hall–Kier alpha value is -2.51. The summed E-state index contributed by atoms with van der Waals surface area (Å²) in [6.45, 7) is 8.28. The van der Waals surface area contributed by atoms with Crippen molar-refractivity contribution in [1.82, 2.24) is 0 Å². The van der Waals surface area contributed by atoms with Crippen LogP contribution in [-0.2, 0) is 11.3 Å². The van der Waals surface area contributed by atoms with Crippen LogP contribution in [0.25, 0.3) is 0 Å². The van der Waals surface area contributed by atoms with Crippen molar-refractivity contribution in [3.05, 3.63) is 72.1 Å². The van der Waals surface area contributed by atoms with E-state index >= 15 is 0 Å². The Morgan fingerprint density at radius 1 is 1.45 bits per heavy atom. The van der Waals surface area contributed by atoms with E-state index in [0.29, 0.717) is 23.7 Å². The van der Waals surface area contributed by atoms with Crippen LogP contribution in [0.1, 0.15) is 12.5 Å². The number of benzene rings is 1. The number of hydrogen-bond acceptors (Lipinski definition) is 3. The number of nitrogens with zero attached hydrogens (tertiary/aromatic N) is 1. The van der Waals surface area contributed by atoms with Crippen LogP contribution in [0, 0.1) is 11.3 Å². The van der Waals surface area contributed by atoms with E-state index in [9.17, 15) is 5.26 Å². The van der Waals surface area contributed by atoms with E-state index in [1.807, 2.05) is 44.1 Å². The zero-order valence-corrected chi connectivity index (χ0v) is 12.9. The van der Waals surface area contributed by atoms with Crippen molar-refractivity contribution < 1.29 is 9.39 Å². The molecule has 0 amide bonds. The Balaban J connectivity index is 2.30. The van der Waals surface area contributed by atoms with Gasteiger partial charge in [-0.15, -0.1) is 0 Å². The summed E-state index contributed by atoms with van der Waals surface area (Å²) in [6.07, 6.45) is 8.69. The fourth-order valence-corrected chi connectivity index (χ4v) is 2.25. The van der Waals surface area contributed by atoms with Crippen molar-refractivity contribution in [2.24, 2.45) is 0 Å². The van der Waals surface area contributed by atoms with E-state index < -0.39 is 0 Å². The third-order valence-corrected chi connectivity index (χ3v) is 3.38. The first kappa shape index (κ1) is 15.9. The van der Waals surface area contributed by atoms with E-state index in [-0.39, 0.29) is 6.92 Å². The van der Waals surface area contributed by atoms with Crippen LogP contribution in [0.5, 0.6) is 5.75 Å². The Morgan fingerprint density at radius 2 is 2.27 bits per heavy atom. The first-order valence-corrected chi connectivity index (χ1v) is 7.18. The van der Waals surface area contributed by atoms with Crippen LogP contribution in [0.3, 0.4) is 0 Å². The predicted molar refractivity (Wildman–Crippen MR) is 89.9 cm³/mol. The lowest BCUT2D eigenvalue weighted by atomic mass is 9.64. The second-order valence-electron chi connectivity index (χ2n) is 4.90. The molecular formula is C18H18BNO2. The zero-order chi connectivity index (χ0) is 15.9. The topological polar surface area (TPSA) is 42.2 Å². The monoisotopic (exact) mass is 291 g/mol. The average molecular weight is 291 g/mol. The molecule has 110 valence electrons. The van der Waals surface area contributed by atoms with E-state index in [1.54, 1.807) is 18.2 Å². The van der Waals surface area contributed by atoms with Crippen LogP contribution in [0.15, 0.2) is 66.5 Å². The largest absolute Gasteiger partial charge is 0.456 e. The molecule has 0 radical (unpaired) electrons. The van der Waals surface area contributed by atoms with Gasteiger partial charge in [0.15, 0.2) is 0 Å². The van der Waals surface area contributed by atoms with Gasteiger partial charge in [-0.05, 0) is 42.2 Å². The fourth-order valence-electron chi connectivity index (χ4n) is 2.25. The first-order valence-electron chi connectivity index (χ1n) is 7.18. The summed E-state index contributed by atoms with van der Waals surface area (Å²) in [5.74, 6) is 1.19. The lowest BCUT2D eigenvalue weighted by molar-refractivity contribution is 0.333. The van der Waals surface area contributed by atoms with Crippen LogP contribution in [-0.4, -0.2) is 6.92 Å². The van der Waals surface area contributed by atoms with E-state index in [4.69, 9.17) is 9.39 Å². The van der Waals surface area contributed by atoms with Gasteiger partial charge in [0, 0.05) is 0 Å². The normalized spacial score (nSPS) is 14.9. The molecule has 0 N–H and O–H groups in total. The molecule has 1 aromatic rings. The molecule has 1 aromatic carbocycles. The molecule has 0 aliphatic carbocycles. The minimum atomic E-state index is 0.123. The molecule has 0 fully saturated rings. The standard InChI is InChI=1S/C18H18BNO2/c1-4-6-8-18(14(12-20)7-5-2)22-16-9-10-17-15(11-16)13-21-19(17)3/h4-11H,2,13H2,1,3H3/b6-4-,14-7-,18-8+. The third-order valence-electron chi connectivity index (χ3n) is 3.38. The smallest absolute Gasteiger partial charge is 0.324 e. The van der Waals surface area contributed by atoms with Crippen molar-refractivity contribution in [3.8, 4) is 11.8 Å². The van der Waals surface area contributed by atoms with Crippen LogP contribution in [0.2, 0.25) is 6.82 Å². The SMILES string of the molecule is C=C\C=C(C#N)/C(=C\C=C/C)Oc1ccc2c(c1)COB2C. The molecule has 0 spiro atoms. The summed E-state index contributed by atoms with van der Waals surface area (Å²) >= 11 is 0. The van der Waals surface area contributed by atoms with Crippen molar-refractivity contribution >= 4 is 12.4 Å². The lowest BCUT2D eigenvalue weighted by Gasteiger charge is -2.10. The first-order chi connectivity index (χ1) is 10.7. The van der Waals surface area contributed by atoms with Crippen molar-refractivity contribution in [2.45, 2.75) is 20.4 Å². The molecule has 0 unspecified atom stereocenters. The summed E-state index contributed by atoms with van der Waals surface area (Å²) in [4.78, 5) is 0. The molecule has 4 heteroatoms. The maximum atomic E-state index is 9.26. The highest BCUT2D eigenvalue weighted by atomic mass is 16.5. The number of ether oxygens (including phenoxy) is 1. The molecule has 3 nitrogen and oxygen atoms in total. The van der Waals surface area contributed by atoms with Gasteiger partial charge in [0.2, 0.25) is 0 Å². The molecule has 1 aliphatic rings. The van der Waals surface area contributed by atoms with Gasteiger partial charge < -0.3 is 9.39 Å². The summed E-state index contributed by atoms with van der Waals surface area (Å²) in [5.41, 5.74) is 2.74. The Labute approximate surface area is 132 Å². The second-order valence-corrected chi connectivity index (χ2v) is 4.90. The number of nitriles is 1. The van der Waals surface area contributed by atoms with Gasteiger partial charge in [0.25, 0.3) is 0 Å². The van der Waals surface area contributed by atoms with Gasteiger partial charge >= 0.3 is 6.92 Å². The van der Waals surface area contributed by atoms with Crippen molar-refractivity contribution in [2.75, 3.05) is 0 Å². The maximum absolute atomic E-state index is 9.26. The highest BCUT2D eigenvalue weighted by molar-refractivity contribution is 6.67. The predicted octanol–water partition coefficient (Wildman–Crippen LogP) is 3.52. The fraction of sp³-hybridized carbons (Fsp3) is 0.167. The highest BCUT2D eigenvalue weighted by Gasteiger charge is 2.23. The molecule has 22 heavy (non-hydrogen) atoms. The van der Waals surface area contributed by atoms with Crippen molar-refractivity contribution in [3.63, 3.8) is 0 Å². The Bertz CT molecular complexity index is 696. The zero-order valence-electron chi connectivity index (χ0n) is 12.9. The summed E-state index contributed by atoms with van der Waals surface area (Å²) in [5, 5.41) is 9.26. The number of allylic oxidation sites excluding steroid dienone is 6. The highest BCUT2D eigenvalue weighted by Crippen LogP contribution is 2.22. The Morgan fingerprint density at radius 3 is 2.95 bits per heavy atom. The van der Waals surface area contributed by atoms with E-state index in [1.165, 1.54) is 5.46 Å². The molecule has 0 bridgehead atoms. The minimum absolute atomic E-state index is 0.123. The van der Waals surface area contributed by atoms with Crippen LogP contribution in [0.4, 0.5) is 0 Å². The Kier molecular flexibility index (Phi) is 5.40. The molecular weight excluding hydrogens is 273 g/mol. The third kappa shape index (κ3) is 3.57. The van der Waals surface area contributed by atoms with Crippen molar-refractivity contribution in [1.29, 1.82) is 5.26 Å². The van der Waals surface area contributed by atoms with E-state index in [2.05, 4.69) is 12.6 Å². The van der Waals surface area contributed by atoms with Gasteiger partial charge in [0.05, 0.1) is 12.2 Å². The second kappa shape index (κ2) is 7.49. The number of fused-ring (bicyclic) bond motifs is 1. The molecule has 1 heterocycles. The molecule has 2 rings (SSSR count). The molecule has 0 atom stereocenters. The van der Waals surface area contributed by atoms with E-state index in [0.717, 1.165) is 5.56 Å².